The van der Waals surface area contributed by atoms with E-state index in [2.05, 4.69) is 6.07 Å². The highest BCUT2D eigenvalue weighted by Gasteiger charge is 2.42. The van der Waals surface area contributed by atoms with Gasteiger partial charge in [-0.3, -0.25) is 4.79 Å². The van der Waals surface area contributed by atoms with Gasteiger partial charge in [0.05, 0.1) is 12.5 Å². The maximum Gasteiger partial charge on any atom is 0.316 e. The predicted octanol–water partition coefficient (Wildman–Crippen LogP) is 2.22. The van der Waals surface area contributed by atoms with Gasteiger partial charge in [-0.2, -0.15) is 0 Å². The van der Waals surface area contributed by atoms with E-state index in [4.69, 9.17) is 9.47 Å². The van der Waals surface area contributed by atoms with Crippen molar-refractivity contribution in [1.82, 2.24) is 0 Å². The van der Waals surface area contributed by atoms with Crippen molar-refractivity contribution in [1.29, 1.82) is 0 Å². The van der Waals surface area contributed by atoms with E-state index in [-0.39, 0.29) is 5.97 Å². The van der Waals surface area contributed by atoms with Crippen LogP contribution >= 0.6 is 0 Å². The van der Waals surface area contributed by atoms with Gasteiger partial charge in [0.15, 0.2) is 0 Å². The number of aryl methyl sites for hydroxylation is 1. The molecule has 0 N–H and O–H groups in total. The van der Waals surface area contributed by atoms with Gasteiger partial charge >= 0.3 is 5.97 Å². The number of rotatable bonds is 2. The first-order valence-corrected chi connectivity index (χ1v) is 5.92. The van der Waals surface area contributed by atoms with Gasteiger partial charge in [-0.15, -0.1) is 0 Å². The summed E-state index contributed by atoms with van der Waals surface area (Å²) in [5.74, 6) is -0.147. The number of hydrogen-bond donors (Lipinski definition) is 0. The van der Waals surface area contributed by atoms with Crippen LogP contribution in [0.25, 0.3) is 0 Å². The van der Waals surface area contributed by atoms with Gasteiger partial charge in [0.2, 0.25) is 0 Å². The molecule has 0 spiro atoms. The Hall–Kier alpha value is -1.35. The van der Waals surface area contributed by atoms with Gasteiger partial charge in [0.25, 0.3) is 0 Å². The van der Waals surface area contributed by atoms with E-state index >= 15 is 0 Å². The highest BCUT2D eigenvalue weighted by molar-refractivity contribution is 5.83. The molecule has 0 aromatic heterocycles. The summed E-state index contributed by atoms with van der Waals surface area (Å²) in [6.45, 7) is 3.26. The number of esters is 1. The molecule has 2 rings (SSSR count). The Kier molecular flexibility index (Phi) is 3.48. The molecule has 0 unspecified atom stereocenters. The van der Waals surface area contributed by atoms with E-state index in [9.17, 15) is 4.79 Å². The zero-order chi connectivity index (χ0) is 12.3. The molecule has 0 radical (unpaired) electrons. The first-order valence-electron chi connectivity index (χ1n) is 5.92. The Morgan fingerprint density at radius 1 is 1.35 bits per heavy atom. The first kappa shape index (κ1) is 12.1. The van der Waals surface area contributed by atoms with Crippen LogP contribution in [0.5, 0.6) is 0 Å². The van der Waals surface area contributed by atoms with Crippen molar-refractivity contribution in [3.8, 4) is 0 Å². The third-order valence-electron chi connectivity index (χ3n) is 3.49. The molecule has 0 atom stereocenters. The third-order valence-corrected chi connectivity index (χ3v) is 3.49. The van der Waals surface area contributed by atoms with Gasteiger partial charge in [0, 0.05) is 13.2 Å². The van der Waals surface area contributed by atoms with E-state index in [1.807, 2.05) is 25.1 Å². The summed E-state index contributed by atoms with van der Waals surface area (Å²) in [7, 11) is 1.45. The second kappa shape index (κ2) is 4.88. The molecule has 17 heavy (non-hydrogen) atoms. The Bertz CT molecular complexity index is 406. The minimum absolute atomic E-state index is 0.147. The molecule has 1 heterocycles. The SMILES string of the molecule is COC(=O)C1(c2cccc(C)c2)CCOCC1. The highest BCUT2D eigenvalue weighted by atomic mass is 16.5. The van der Waals surface area contributed by atoms with E-state index in [0.717, 1.165) is 11.1 Å². The fourth-order valence-corrected chi connectivity index (χ4v) is 2.47. The van der Waals surface area contributed by atoms with E-state index < -0.39 is 5.41 Å². The Labute approximate surface area is 102 Å². The van der Waals surface area contributed by atoms with Crippen molar-refractivity contribution < 1.29 is 14.3 Å². The number of carbonyl (C=O) groups excluding carboxylic acids is 1. The lowest BCUT2D eigenvalue weighted by Gasteiger charge is -2.35. The van der Waals surface area contributed by atoms with E-state index in [0.29, 0.717) is 26.1 Å². The standard InChI is InChI=1S/C14H18O3/c1-11-4-3-5-12(10-11)14(13(15)16-2)6-8-17-9-7-14/h3-5,10H,6-9H2,1-2H3. The molecule has 1 aliphatic rings. The number of carbonyl (C=O) groups is 1. The second-order valence-electron chi connectivity index (χ2n) is 4.56. The summed E-state index contributed by atoms with van der Waals surface area (Å²) in [4.78, 5) is 12.1. The monoisotopic (exact) mass is 234 g/mol. The topological polar surface area (TPSA) is 35.5 Å². The molecule has 0 aliphatic carbocycles. The number of hydrogen-bond acceptors (Lipinski definition) is 3. The van der Waals surface area contributed by atoms with Crippen molar-refractivity contribution in [2.75, 3.05) is 20.3 Å². The van der Waals surface area contributed by atoms with Crippen LogP contribution < -0.4 is 0 Å². The van der Waals surface area contributed by atoms with Crippen LogP contribution in [0.4, 0.5) is 0 Å². The Morgan fingerprint density at radius 2 is 2.06 bits per heavy atom. The molecule has 92 valence electrons. The molecular formula is C14H18O3. The Morgan fingerprint density at radius 3 is 2.65 bits per heavy atom. The lowest BCUT2D eigenvalue weighted by Crippen LogP contribution is -2.42. The summed E-state index contributed by atoms with van der Waals surface area (Å²) in [5, 5.41) is 0. The minimum Gasteiger partial charge on any atom is -0.468 e. The van der Waals surface area contributed by atoms with Crippen LogP contribution in [0.15, 0.2) is 24.3 Å². The van der Waals surface area contributed by atoms with Crippen molar-refractivity contribution in [2.45, 2.75) is 25.2 Å². The van der Waals surface area contributed by atoms with Gasteiger partial charge in [0.1, 0.15) is 0 Å². The van der Waals surface area contributed by atoms with Crippen LogP contribution in [0.1, 0.15) is 24.0 Å². The fraction of sp³-hybridized carbons (Fsp3) is 0.500. The molecule has 1 fully saturated rings. The van der Waals surface area contributed by atoms with E-state index in [1.54, 1.807) is 0 Å². The van der Waals surface area contributed by atoms with Gasteiger partial charge in [-0.1, -0.05) is 29.8 Å². The maximum atomic E-state index is 12.1. The third kappa shape index (κ3) is 2.20. The predicted molar refractivity (Wildman–Crippen MR) is 64.9 cm³/mol. The number of benzene rings is 1. The second-order valence-corrected chi connectivity index (χ2v) is 4.56. The zero-order valence-electron chi connectivity index (χ0n) is 10.4. The van der Waals surface area contributed by atoms with Crippen molar-refractivity contribution in [2.24, 2.45) is 0 Å². The average molecular weight is 234 g/mol. The Balaban J connectivity index is 2.42. The van der Waals surface area contributed by atoms with Crippen LogP contribution in [0.3, 0.4) is 0 Å². The lowest BCUT2D eigenvalue weighted by atomic mass is 9.74. The van der Waals surface area contributed by atoms with Gasteiger partial charge in [-0.25, -0.2) is 0 Å². The van der Waals surface area contributed by atoms with Gasteiger partial charge in [-0.05, 0) is 25.3 Å². The van der Waals surface area contributed by atoms with Crippen molar-refractivity contribution in [3.05, 3.63) is 35.4 Å². The van der Waals surface area contributed by atoms with Crippen LogP contribution in [-0.2, 0) is 19.7 Å². The van der Waals surface area contributed by atoms with Crippen molar-refractivity contribution >= 4 is 5.97 Å². The fourth-order valence-electron chi connectivity index (χ4n) is 2.47. The smallest absolute Gasteiger partial charge is 0.316 e. The zero-order valence-corrected chi connectivity index (χ0v) is 10.4. The quantitative estimate of drug-likeness (QED) is 0.736. The molecule has 3 nitrogen and oxygen atoms in total. The summed E-state index contributed by atoms with van der Waals surface area (Å²) in [5.41, 5.74) is 1.70. The van der Waals surface area contributed by atoms with Crippen LogP contribution in [-0.4, -0.2) is 26.3 Å². The first-order chi connectivity index (χ1) is 8.19. The number of methoxy groups -OCH3 is 1. The molecule has 1 aliphatic heterocycles. The normalized spacial score (nSPS) is 18.7. The van der Waals surface area contributed by atoms with Crippen LogP contribution in [0, 0.1) is 6.92 Å². The van der Waals surface area contributed by atoms with Crippen LogP contribution in [0.2, 0.25) is 0 Å². The molecule has 1 saturated heterocycles. The molecule has 0 bridgehead atoms. The molecule has 0 saturated carbocycles. The summed E-state index contributed by atoms with van der Waals surface area (Å²) in [6, 6.07) is 8.11. The van der Waals surface area contributed by atoms with E-state index in [1.165, 1.54) is 7.11 Å². The summed E-state index contributed by atoms with van der Waals surface area (Å²) in [6.07, 6.45) is 1.40. The lowest BCUT2D eigenvalue weighted by molar-refractivity contribution is -0.151. The number of ether oxygens (including phenoxy) is 2. The van der Waals surface area contributed by atoms with Gasteiger partial charge < -0.3 is 9.47 Å². The van der Waals surface area contributed by atoms with Crippen molar-refractivity contribution in [3.63, 3.8) is 0 Å². The summed E-state index contributed by atoms with van der Waals surface area (Å²) < 4.78 is 10.4. The molecule has 1 aromatic rings. The minimum atomic E-state index is -0.515. The summed E-state index contributed by atoms with van der Waals surface area (Å²) >= 11 is 0. The molecule has 0 amide bonds. The molecule has 1 aromatic carbocycles. The molecule has 3 heteroatoms. The highest BCUT2D eigenvalue weighted by Crippen LogP contribution is 2.36. The molecular weight excluding hydrogens is 216 g/mol. The maximum absolute atomic E-state index is 12.1. The largest absolute Gasteiger partial charge is 0.468 e. The average Bonchev–Trinajstić information content (AvgIpc) is 2.38.